The Morgan fingerprint density at radius 1 is 1.45 bits per heavy atom. The monoisotopic (exact) mass is 299 g/mol. The fraction of sp³-hybridized carbons (Fsp3) is 0.278. The van der Waals surface area contributed by atoms with Crippen LogP contribution < -0.4 is 10.1 Å². The van der Waals surface area contributed by atoms with E-state index in [4.69, 9.17) is 9.15 Å². The lowest BCUT2D eigenvalue weighted by Gasteiger charge is -2.11. The van der Waals surface area contributed by atoms with Gasteiger partial charge in [-0.3, -0.25) is 4.79 Å². The average Bonchev–Trinajstić information content (AvgIpc) is 2.85. The topological polar surface area (TPSA) is 51.5 Å². The van der Waals surface area contributed by atoms with Gasteiger partial charge in [0.05, 0.1) is 12.9 Å². The molecule has 0 aliphatic heterocycles. The lowest BCUT2D eigenvalue weighted by atomic mass is 10.0. The summed E-state index contributed by atoms with van der Waals surface area (Å²) in [5.74, 6) is 0.568. The fourth-order valence-electron chi connectivity index (χ4n) is 2.26. The number of ether oxygens (including phenoxy) is 1. The zero-order valence-electron chi connectivity index (χ0n) is 13.2. The van der Waals surface area contributed by atoms with Crippen LogP contribution in [0.15, 0.2) is 41.5 Å². The van der Waals surface area contributed by atoms with Gasteiger partial charge in [-0.1, -0.05) is 6.08 Å². The zero-order chi connectivity index (χ0) is 16.1. The first kappa shape index (κ1) is 15.9. The number of benzene rings is 1. The summed E-state index contributed by atoms with van der Waals surface area (Å²) in [6.45, 7) is 10.4. The van der Waals surface area contributed by atoms with Crippen molar-refractivity contribution in [3.63, 3.8) is 0 Å². The van der Waals surface area contributed by atoms with Crippen molar-refractivity contribution in [2.45, 2.75) is 20.8 Å². The molecule has 4 heteroatoms. The molecule has 0 fully saturated rings. The average molecular weight is 299 g/mol. The summed E-state index contributed by atoms with van der Waals surface area (Å²) >= 11 is 0. The van der Waals surface area contributed by atoms with Gasteiger partial charge < -0.3 is 14.5 Å². The Labute approximate surface area is 130 Å². The van der Waals surface area contributed by atoms with Gasteiger partial charge in [-0.15, -0.1) is 6.58 Å². The SMILES string of the molecule is C=CCNC(=O)/C=C(\C)c1cc2c(C)coc2cc1OCC. The Morgan fingerprint density at radius 3 is 2.91 bits per heavy atom. The fourth-order valence-corrected chi connectivity index (χ4v) is 2.26. The van der Waals surface area contributed by atoms with Crippen LogP contribution in [0.1, 0.15) is 25.0 Å². The van der Waals surface area contributed by atoms with E-state index in [9.17, 15) is 4.79 Å². The highest BCUT2D eigenvalue weighted by Gasteiger charge is 2.12. The molecular weight excluding hydrogens is 278 g/mol. The van der Waals surface area contributed by atoms with Gasteiger partial charge in [-0.2, -0.15) is 0 Å². The van der Waals surface area contributed by atoms with E-state index in [2.05, 4.69) is 11.9 Å². The van der Waals surface area contributed by atoms with E-state index < -0.39 is 0 Å². The molecule has 1 heterocycles. The third kappa shape index (κ3) is 3.39. The molecule has 0 radical (unpaired) electrons. The molecule has 0 atom stereocenters. The molecule has 0 spiro atoms. The van der Waals surface area contributed by atoms with E-state index in [1.165, 1.54) is 0 Å². The van der Waals surface area contributed by atoms with E-state index in [-0.39, 0.29) is 5.91 Å². The molecule has 1 amide bonds. The number of hydrogen-bond donors (Lipinski definition) is 1. The summed E-state index contributed by atoms with van der Waals surface area (Å²) in [6, 6.07) is 3.88. The summed E-state index contributed by atoms with van der Waals surface area (Å²) in [4.78, 5) is 11.8. The predicted molar refractivity (Wildman–Crippen MR) is 89.0 cm³/mol. The molecule has 1 N–H and O–H groups in total. The first-order chi connectivity index (χ1) is 10.6. The van der Waals surface area contributed by atoms with Gasteiger partial charge in [0.15, 0.2) is 0 Å². The van der Waals surface area contributed by atoms with Crippen molar-refractivity contribution in [1.29, 1.82) is 0 Å². The molecule has 0 bridgehead atoms. The number of rotatable bonds is 6. The van der Waals surface area contributed by atoms with Crippen LogP contribution in [0.5, 0.6) is 5.75 Å². The Bertz CT molecular complexity index is 725. The summed E-state index contributed by atoms with van der Waals surface area (Å²) < 4.78 is 11.2. The highest BCUT2D eigenvalue weighted by atomic mass is 16.5. The maximum absolute atomic E-state index is 11.8. The van der Waals surface area contributed by atoms with Crippen molar-refractivity contribution in [2.75, 3.05) is 13.2 Å². The molecule has 2 aromatic rings. The van der Waals surface area contributed by atoms with Gasteiger partial charge in [-0.05, 0) is 38.0 Å². The van der Waals surface area contributed by atoms with E-state index in [0.29, 0.717) is 13.2 Å². The molecule has 1 aromatic heterocycles. The molecule has 0 saturated carbocycles. The summed E-state index contributed by atoms with van der Waals surface area (Å²) in [5.41, 5.74) is 3.58. The van der Waals surface area contributed by atoms with Crippen molar-refractivity contribution < 1.29 is 13.9 Å². The van der Waals surface area contributed by atoms with Crippen molar-refractivity contribution in [3.05, 3.63) is 48.3 Å². The van der Waals surface area contributed by atoms with E-state index in [1.54, 1.807) is 18.4 Å². The molecule has 0 unspecified atom stereocenters. The van der Waals surface area contributed by atoms with Gasteiger partial charge in [0.25, 0.3) is 0 Å². The Hall–Kier alpha value is -2.49. The molecule has 4 nitrogen and oxygen atoms in total. The molecule has 0 saturated heterocycles. The molecule has 116 valence electrons. The number of allylic oxidation sites excluding steroid dienone is 1. The first-order valence-electron chi connectivity index (χ1n) is 7.28. The lowest BCUT2D eigenvalue weighted by Crippen LogP contribution is -2.20. The number of fused-ring (bicyclic) bond motifs is 1. The highest BCUT2D eigenvalue weighted by Crippen LogP contribution is 2.33. The van der Waals surface area contributed by atoms with Crippen molar-refractivity contribution in [2.24, 2.45) is 0 Å². The quantitative estimate of drug-likeness (QED) is 0.651. The third-order valence-electron chi connectivity index (χ3n) is 3.36. The Morgan fingerprint density at radius 2 is 2.23 bits per heavy atom. The van der Waals surface area contributed by atoms with Crippen LogP contribution in [0.4, 0.5) is 0 Å². The molecule has 22 heavy (non-hydrogen) atoms. The normalized spacial score (nSPS) is 11.5. The molecule has 0 aliphatic carbocycles. The maximum Gasteiger partial charge on any atom is 0.244 e. The molecular formula is C18H21NO3. The van der Waals surface area contributed by atoms with Crippen LogP contribution in [-0.4, -0.2) is 19.1 Å². The van der Waals surface area contributed by atoms with Gasteiger partial charge in [0.2, 0.25) is 5.91 Å². The summed E-state index contributed by atoms with van der Waals surface area (Å²) in [7, 11) is 0. The van der Waals surface area contributed by atoms with Crippen molar-refractivity contribution in [1.82, 2.24) is 5.32 Å². The standard InChI is InChI=1S/C18H21NO3/c1-5-7-19-18(20)8-12(3)14-9-15-13(4)11-22-17(15)10-16(14)21-6-2/h5,8-11H,1,6-7H2,2-4H3,(H,19,20)/b12-8+. The van der Waals surface area contributed by atoms with Crippen molar-refractivity contribution >= 4 is 22.4 Å². The first-order valence-corrected chi connectivity index (χ1v) is 7.28. The zero-order valence-corrected chi connectivity index (χ0v) is 13.2. The second-order valence-electron chi connectivity index (χ2n) is 5.06. The molecule has 1 aromatic carbocycles. The van der Waals surface area contributed by atoms with Gasteiger partial charge in [0.1, 0.15) is 11.3 Å². The Balaban J connectivity index is 2.44. The minimum Gasteiger partial charge on any atom is -0.493 e. The molecule has 0 aliphatic rings. The van der Waals surface area contributed by atoms with Crippen LogP contribution in [-0.2, 0) is 4.79 Å². The van der Waals surface area contributed by atoms with Crippen LogP contribution in [0.25, 0.3) is 16.5 Å². The van der Waals surface area contributed by atoms with Crippen LogP contribution >= 0.6 is 0 Å². The second kappa shape index (κ2) is 6.98. The number of amides is 1. The minimum absolute atomic E-state index is 0.149. The minimum atomic E-state index is -0.149. The van der Waals surface area contributed by atoms with Crippen LogP contribution in [0.2, 0.25) is 0 Å². The Kier molecular flexibility index (Phi) is 5.04. The van der Waals surface area contributed by atoms with E-state index in [1.807, 2.05) is 32.9 Å². The lowest BCUT2D eigenvalue weighted by molar-refractivity contribution is -0.116. The number of aryl methyl sites for hydroxylation is 1. The van der Waals surface area contributed by atoms with E-state index in [0.717, 1.165) is 33.4 Å². The van der Waals surface area contributed by atoms with E-state index >= 15 is 0 Å². The number of nitrogens with one attached hydrogen (secondary N) is 1. The predicted octanol–water partition coefficient (Wildman–Crippen LogP) is 3.85. The van der Waals surface area contributed by atoms with Crippen molar-refractivity contribution in [3.8, 4) is 5.75 Å². The van der Waals surface area contributed by atoms with Gasteiger partial charge >= 0.3 is 0 Å². The largest absolute Gasteiger partial charge is 0.493 e. The van der Waals surface area contributed by atoms with Gasteiger partial charge in [-0.25, -0.2) is 0 Å². The number of furan rings is 1. The summed E-state index contributed by atoms with van der Waals surface area (Å²) in [5, 5.41) is 3.76. The van der Waals surface area contributed by atoms with Crippen LogP contribution in [0.3, 0.4) is 0 Å². The maximum atomic E-state index is 11.8. The summed E-state index contributed by atoms with van der Waals surface area (Å²) in [6.07, 6.45) is 4.94. The number of carbonyl (C=O) groups excluding carboxylic acids is 1. The number of hydrogen-bond acceptors (Lipinski definition) is 3. The molecule has 2 rings (SSSR count). The smallest absolute Gasteiger partial charge is 0.244 e. The van der Waals surface area contributed by atoms with Gasteiger partial charge in [0, 0.05) is 29.6 Å². The number of carbonyl (C=O) groups is 1. The highest BCUT2D eigenvalue weighted by molar-refractivity contribution is 5.97. The van der Waals surface area contributed by atoms with Crippen LogP contribution in [0, 0.1) is 6.92 Å². The third-order valence-corrected chi connectivity index (χ3v) is 3.36. The second-order valence-corrected chi connectivity index (χ2v) is 5.06.